The van der Waals surface area contributed by atoms with Crippen LogP contribution < -0.4 is 10.6 Å². The van der Waals surface area contributed by atoms with Gasteiger partial charge in [0, 0.05) is 23.2 Å². The van der Waals surface area contributed by atoms with Crippen molar-refractivity contribution in [3.8, 4) is 0 Å². The van der Waals surface area contributed by atoms with E-state index in [0.29, 0.717) is 5.70 Å². The van der Waals surface area contributed by atoms with Crippen molar-refractivity contribution in [1.82, 2.24) is 10.6 Å². The minimum Gasteiger partial charge on any atom is -0.366 e. The quantitative estimate of drug-likeness (QED) is 0.662. The van der Waals surface area contributed by atoms with Crippen molar-refractivity contribution >= 4 is 17.6 Å². The summed E-state index contributed by atoms with van der Waals surface area (Å²) >= 11 is 4.76. The lowest BCUT2D eigenvalue weighted by Gasteiger charge is -2.18. The third-order valence-corrected chi connectivity index (χ3v) is 3.42. The van der Waals surface area contributed by atoms with Gasteiger partial charge in [-0.2, -0.15) is 13.2 Å². The summed E-state index contributed by atoms with van der Waals surface area (Å²) in [6, 6.07) is 3.29. The Morgan fingerprint density at radius 2 is 2.05 bits per heavy atom. The van der Waals surface area contributed by atoms with E-state index in [1.165, 1.54) is 17.5 Å². The third kappa shape index (κ3) is 2.77. The summed E-state index contributed by atoms with van der Waals surface area (Å²) in [4.78, 5) is 0. The average molecular weight is 304 g/mol. The second kappa shape index (κ2) is 5.40. The van der Waals surface area contributed by atoms with Crippen LogP contribution in [0.25, 0.3) is 0 Å². The second-order valence-corrected chi connectivity index (χ2v) is 4.72. The Morgan fingerprint density at radius 3 is 2.60 bits per heavy atom. The molecule has 0 saturated heterocycles. The summed E-state index contributed by atoms with van der Waals surface area (Å²) in [6.07, 6.45) is -3.37. The molecule has 2 N–H and O–H groups in total. The second-order valence-electron chi connectivity index (χ2n) is 4.45. The molecule has 0 aliphatic carbocycles. The van der Waals surface area contributed by atoms with Gasteiger partial charge in [-0.3, -0.25) is 0 Å². The Morgan fingerprint density at radius 1 is 1.35 bits per heavy atom. The molecule has 0 spiro atoms. The highest BCUT2D eigenvalue weighted by atomic mass is 32.1. The number of alkyl halides is 3. The van der Waals surface area contributed by atoms with E-state index in [-0.39, 0.29) is 11.7 Å². The largest absolute Gasteiger partial charge is 0.419 e. The maximum absolute atomic E-state index is 14.0. The van der Waals surface area contributed by atoms with Gasteiger partial charge in [-0.15, -0.1) is 0 Å². The predicted octanol–water partition coefficient (Wildman–Crippen LogP) is 3.31. The molecule has 2 atom stereocenters. The molecule has 0 saturated carbocycles. The SMILES string of the molecule is CC(C1=CNC(C=S)N1)c1cccc(C(F)(F)F)c1F. The topological polar surface area (TPSA) is 24.1 Å². The highest BCUT2D eigenvalue weighted by molar-refractivity contribution is 7.79. The van der Waals surface area contributed by atoms with Crippen molar-refractivity contribution in [3.05, 3.63) is 47.0 Å². The molecule has 0 amide bonds. The first-order valence-electron chi connectivity index (χ1n) is 5.88. The van der Waals surface area contributed by atoms with E-state index in [4.69, 9.17) is 12.2 Å². The molecule has 108 valence electrons. The van der Waals surface area contributed by atoms with Crippen molar-refractivity contribution in [2.75, 3.05) is 0 Å². The molecule has 2 nitrogen and oxygen atoms in total. The van der Waals surface area contributed by atoms with E-state index in [0.717, 1.165) is 6.07 Å². The van der Waals surface area contributed by atoms with Crippen LogP contribution in [0.3, 0.4) is 0 Å². The zero-order valence-electron chi connectivity index (χ0n) is 10.5. The molecule has 2 rings (SSSR count). The molecule has 2 unspecified atom stereocenters. The first-order chi connectivity index (χ1) is 9.34. The van der Waals surface area contributed by atoms with Gasteiger partial charge in [0.15, 0.2) is 0 Å². The molecule has 1 aliphatic heterocycles. The fourth-order valence-electron chi connectivity index (χ4n) is 2.04. The highest BCUT2D eigenvalue weighted by Gasteiger charge is 2.35. The predicted molar refractivity (Wildman–Crippen MR) is 71.6 cm³/mol. The van der Waals surface area contributed by atoms with Gasteiger partial charge in [0.25, 0.3) is 0 Å². The standard InChI is InChI=1S/C13H12F4N2S/c1-7(10-5-18-11(6-20)19-10)8-3-2-4-9(12(8)14)13(15,16)17/h2-7,11,18-19H,1H3. The summed E-state index contributed by atoms with van der Waals surface area (Å²) in [7, 11) is 0. The lowest BCUT2D eigenvalue weighted by molar-refractivity contribution is -0.140. The van der Waals surface area contributed by atoms with Crippen LogP contribution in [0.15, 0.2) is 30.1 Å². The zero-order chi connectivity index (χ0) is 14.9. The number of halogens is 4. The van der Waals surface area contributed by atoms with Crippen LogP contribution in [0.5, 0.6) is 0 Å². The summed E-state index contributed by atoms with van der Waals surface area (Å²) in [5.74, 6) is -1.77. The Bertz CT molecular complexity index is 554. The van der Waals surface area contributed by atoms with Crippen LogP contribution in [-0.2, 0) is 6.18 Å². The van der Waals surface area contributed by atoms with Crippen LogP contribution in [0, 0.1) is 5.82 Å². The van der Waals surface area contributed by atoms with Gasteiger partial charge in [-0.25, -0.2) is 4.39 Å². The van der Waals surface area contributed by atoms with Gasteiger partial charge < -0.3 is 10.6 Å². The van der Waals surface area contributed by atoms with E-state index >= 15 is 0 Å². The molecule has 0 aromatic heterocycles. The molecule has 7 heteroatoms. The molecule has 0 fully saturated rings. The minimum atomic E-state index is -4.70. The Hall–Kier alpha value is -1.63. The van der Waals surface area contributed by atoms with Crippen LogP contribution in [0.2, 0.25) is 0 Å². The van der Waals surface area contributed by atoms with Crippen LogP contribution in [0.4, 0.5) is 17.6 Å². The van der Waals surface area contributed by atoms with Crippen molar-refractivity contribution in [2.45, 2.75) is 25.2 Å². The third-order valence-electron chi connectivity index (χ3n) is 3.14. The minimum absolute atomic E-state index is 0.00890. The lowest BCUT2D eigenvalue weighted by atomic mass is 9.95. The summed E-state index contributed by atoms with van der Waals surface area (Å²) in [5, 5.41) is 7.30. The molecular formula is C13H12F4N2S. The van der Waals surface area contributed by atoms with E-state index in [2.05, 4.69) is 10.6 Å². The van der Waals surface area contributed by atoms with Crippen LogP contribution >= 0.6 is 12.2 Å². The van der Waals surface area contributed by atoms with Gasteiger partial charge in [-0.1, -0.05) is 31.3 Å². The molecule has 0 bridgehead atoms. The summed E-state index contributed by atoms with van der Waals surface area (Å²) in [5.41, 5.74) is -0.667. The Labute approximate surface area is 118 Å². The number of thiocarbonyl (C=S) groups is 1. The summed E-state index contributed by atoms with van der Waals surface area (Å²) < 4.78 is 52.1. The number of benzene rings is 1. The fourth-order valence-corrected chi connectivity index (χ4v) is 2.18. The van der Waals surface area contributed by atoms with Gasteiger partial charge in [0.05, 0.1) is 5.56 Å². The van der Waals surface area contributed by atoms with Gasteiger partial charge in [0.2, 0.25) is 0 Å². The van der Waals surface area contributed by atoms with E-state index in [9.17, 15) is 17.6 Å². The van der Waals surface area contributed by atoms with E-state index < -0.39 is 23.5 Å². The molecule has 20 heavy (non-hydrogen) atoms. The zero-order valence-corrected chi connectivity index (χ0v) is 11.3. The molecular weight excluding hydrogens is 292 g/mol. The maximum Gasteiger partial charge on any atom is 0.419 e. The fraction of sp³-hybridized carbons (Fsp3) is 0.308. The Kier molecular flexibility index (Phi) is 3.99. The number of allylic oxidation sites excluding steroid dienone is 1. The Balaban J connectivity index is 2.32. The van der Waals surface area contributed by atoms with Crippen molar-refractivity contribution < 1.29 is 17.6 Å². The van der Waals surface area contributed by atoms with Crippen LogP contribution in [-0.4, -0.2) is 11.5 Å². The smallest absolute Gasteiger partial charge is 0.366 e. The van der Waals surface area contributed by atoms with Gasteiger partial charge in [0.1, 0.15) is 12.0 Å². The first kappa shape index (κ1) is 14.8. The number of hydrogen-bond acceptors (Lipinski definition) is 3. The first-order valence-corrected chi connectivity index (χ1v) is 6.35. The molecule has 1 aromatic carbocycles. The normalized spacial score (nSPS) is 19.9. The number of nitrogens with one attached hydrogen (secondary N) is 2. The van der Waals surface area contributed by atoms with Crippen molar-refractivity contribution in [3.63, 3.8) is 0 Å². The maximum atomic E-state index is 14.0. The van der Waals surface area contributed by atoms with Gasteiger partial charge >= 0.3 is 6.18 Å². The highest BCUT2D eigenvalue weighted by Crippen LogP contribution is 2.35. The van der Waals surface area contributed by atoms with Crippen molar-refractivity contribution in [1.29, 1.82) is 0 Å². The molecule has 1 aromatic rings. The van der Waals surface area contributed by atoms with Crippen LogP contribution in [0.1, 0.15) is 24.0 Å². The molecule has 1 aliphatic rings. The van der Waals surface area contributed by atoms with Crippen molar-refractivity contribution in [2.24, 2.45) is 0 Å². The lowest BCUT2D eigenvalue weighted by Crippen LogP contribution is -2.33. The average Bonchev–Trinajstić information content (AvgIpc) is 2.85. The molecule has 1 heterocycles. The van der Waals surface area contributed by atoms with Gasteiger partial charge in [-0.05, 0) is 11.6 Å². The number of rotatable bonds is 3. The van der Waals surface area contributed by atoms with E-state index in [1.54, 1.807) is 13.1 Å². The monoisotopic (exact) mass is 304 g/mol. The number of hydrogen-bond donors (Lipinski definition) is 2. The van der Waals surface area contributed by atoms with E-state index in [1.807, 2.05) is 0 Å². The summed E-state index contributed by atoms with van der Waals surface area (Å²) in [6.45, 7) is 1.63. The molecule has 0 radical (unpaired) electrons.